The second-order valence-corrected chi connectivity index (χ2v) is 5.16. The van der Waals surface area contributed by atoms with Gasteiger partial charge in [0.05, 0.1) is 11.0 Å². The number of ether oxygens (including phenoxy) is 2. The maximum absolute atomic E-state index is 12.1. The number of nitrogens with one attached hydrogen (secondary N) is 1. The highest BCUT2D eigenvalue weighted by molar-refractivity contribution is 5.91. The van der Waals surface area contributed by atoms with Gasteiger partial charge in [-0.3, -0.25) is 4.79 Å². The van der Waals surface area contributed by atoms with Crippen molar-refractivity contribution in [2.75, 3.05) is 19.8 Å². The Bertz CT molecular complexity index is 733. The first-order valence-electron chi connectivity index (χ1n) is 7.32. The van der Waals surface area contributed by atoms with Crippen LogP contribution in [0.1, 0.15) is 12.7 Å². The molecule has 6 heteroatoms. The van der Waals surface area contributed by atoms with E-state index in [1.165, 1.54) is 0 Å². The summed E-state index contributed by atoms with van der Waals surface area (Å²) in [6.07, 6.45) is 0.657. The van der Waals surface area contributed by atoms with Crippen molar-refractivity contribution >= 4 is 16.9 Å². The number of fused-ring (bicyclic) bond motifs is 1. The van der Waals surface area contributed by atoms with Gasteiger partial charge in [-0.1, -0.05) is 12.1 Å². The van der Waals surface area contributed by atoms with Crippen molar-refractivity contribution in [3.05, 3.63) is 41.6 Å². The zero-order valence-corrected chi connectivity index (χ0v) is 12.8. The van der Waals surface area contributed by atoms with E-state index in [9.17, 15) is 4.79 Å². The maximum Gasteiger partial charge on any atom is 0.289 e. The normalized spacial score (nSPS) is 14.6. The van der Waals surface area contributed by atoms with Gasteiger partial charge in [-0.15, -0.1) is 0 Å². The molecule has 0 aliphatic carbocycles. The maximum atomic E-state index is 12.1. The summed E-state index contributed by atoms with van der Waals surface area (Å²) in [5.74, 6) is 1.51. The second-order valence-electron chi connectivity index (χ2n) is 5.16. The molecule has 116 valence electrons. The van der Waals surface area contributed by atoms with Crippen LogP contribution in [-0.2, 0) is 27.7 Å². The molecule has 0 saturated carbocycles. The fourth-order valence-electron chi connectivity index (χ4n) is 2.52. The van der Waals surface area contributed by atoms with Gasteiger partial charge in [0.1, 0.15) is 24.8 Å². The molecule has 2 aromatic rings. The molecule has 1 aliphatic rings. The first kappa shape index (κ1) is 14.4. The Balaban J connectivity index is 1.63. The lowest BCUT2D eigenvalue weighted by atomic mass is 10.3. The van der Waals surface area contributed by atoms with E-state index >= 15 is 0 Å². The molecule has 2 heterocycles. The summed E-state index contributed by atoms with van der Waals surface area (Å²) in [6, 6.07) is 7.98. The molecule has 0 radical (unpaired) electrons. The molecule has 1 amide bonds. The smallest absolute Gasteiger partial charge is 0.289 e. The zero-order chi connectivity index (χ0) is 15.5. The van der Waals surface area contributed by atoms with E-state index in [0.29, 0.717) is 31.9 Å². The van der Waals surface area contributed by atoms with E-state index in [4.69, 9.17) is 9.47 Å². The van der Waals surface area contributed by atoms with Crippen molar-refractivity contribution in [2.45, 2.75) is 13.3 Å². The lowest BCUT2D eigenvalue weighted by Crippen LogP contribution is -2.31. The number of allylic oxidation sites excluding steroid dienone is 1. The van der Waals surface area contributed by atoms with Crippen LogP contribution >= 0.6 is 0 Å². The summed E-state index contributed by atoms with van der Waals surface area (Å²) in [7, 11) is 1.98. The van der Waals surface area contributed by atoms with Gasteiger partial charge in [0.2, 0.25) is 5.76 Å². The minimum Gasteiger partial charge on any atom is -0.491 e. The van der Waals surface area contributed by atoms with E-state index in [2.05, 4.69) is 10.3 Å². The standard InChI is InChI=1S/C16H19N3O3/c1-11-15(22-10-9-21-11)16(20)17-8-7-14-18-12-5-3-4-6-13(12)19(14)2/h3-6H,7-10H2,1-2H3,(H,17,20). The summed E-state index contributed by atoms with van der Waals surface area (Å²) in [6.45, 7) is 3.13. The average molecular weight is 301 g/mol. The van der Waals surface area contributed by atoms with Gasteiger partial charge in [0, 0.05) is 20.0 Å². The molecule has 0 atom stereocenters. The molecule has 1 aromatic heterocycles. The quantitative estimate of drug-likeness (QED) is 0.929. The molecule has 1 aliphatic heterocycles. The average Bonchev–Trinajstić information content (AvgIpc) is 2.84. The van der Waals surface area contributed by atoms with Crippen LogP contribution in [-0.4, -0.2) is 35.2 Å². The number of carbonyl (C=O) groups excluding carboxylic acids is 1. The van der Waals surface area contributed by atoms with Crippen molar-refractivity contribution in [3.8, 4) is 0 Å². The van der Waals surface area contributed by atoms with Crippen LogP contribution < -0.4 is 5.32 Å². The van der Waals surface area contributed by atoms with Gasteiger partial charge in [0.15, 0.2) is 0 Å². The highest BCUT2D eigenvalue weighted by Gasteiger charge is 2.19. The first-order valence-corrected chi connectivity index (χ1v) is 7.32. The number of carbonyl (C=O) groups is 1. The highest BCUT2D eigenvalue weighted by Crippen LogP contribution is 2.15. The summed E-state index contributed by atoms with van der Waals surface area (Å²) in [5, 5.41) is 2.85. The number of hydrogen-bond acceptors (Lipinski definition) is 4. The Morgan fingerprint density at radius 2 is 2.09 bits per heavy atom. The van der Waals surface area contributed by atoms with Crippen molar-refractivity contribution in [2.24, 2.45) is 7.05 Å². The van der Waals surface area contributed by atoms with Crippen LogP contribution in [0.25, 0.3) is 11.0 Å². The molecule has 0 spiro atoms. The van der Waals surface area contributed by atoms with Crippen LogP contribution in [0.4, 0.5) is 0 Å². The van der Waals surface area contributed by atoms with E-state index in [1.807, 2.05) is 35.9 Å². The summed E-state index contributed by atoms with van der Waals surface area (Å²) in [5.41, 5.74) is 2.06. The van der Waals surface area contributed by atoms with E-state index in [1.54, 1.807) is 6.92 Å². The topological polar surface area (TPSA) is 65.4 Å². The van der Waals surface area contributed by atoms with Gasteiger partial charge >= 0.3 is 0 Å². The minimum absolute atomic E-state index is 0.240. The lowest BCUT2D eigenvalue weighted by Gasteiger charge is -2.19. The van der Waals surface area contributed by atoms with E-state index in [0.717, 1.165) is 16.9 Å². The van der Waals surface area contributed by atoms with Crippen LogP contribution in [0.5, 0.6) is 0 Å². The van der Waals surface area contributed by atoms with Crippen LogP contribution in [0.2, 0.25) is 0 Å². The largest absolute Gasteiger partial charge is 0.491 e. The number of rotatable bonds is 4. The number of imidazole rings is 1. The summed E-state index contributed by atoms with van der Waals surface area (Å²) >= 11 is 0. The number of nitrogens with zero attached hydrogens (tertiary/aromatic N) is 2. The summed E-state index contributed by atoms with van der Waals surface area (Å²) < 4.78 is 12.7. The molecule has 1 aromatic carbocycles. The molecular weight excluding hydrogens is 282 g/mol. The van der Waals surface area contributed by atoms with Crippen molar-refractivity contribution < 1.29 is 14.3 Å². The number of aryl methyl sites for hydroxylation is 1. The molecule has 3 rings (SSSR count). The monoisotopic (exact) mass is 301 g/mol. The third kappa shape index (κ3) is 2.77. The van der Waals surface area contributed by atoms with Crippen molar-refractivity contribution in [3.63, 3.8) is 0 Å². The molecule has 0 saturated heterocycles. The molecule has 0 bridgehead atoms. The minimum atomic E-state index is -0.240. The third-order valence-corrected chi connectivity index (χ3v) is 3.69. The zero-order valence-electron chi connectivity index (χ0n) is 12.8. The van der Waals surface area contributed by atoms with Crippen LogP contribution in [0.15, 0.2) is 35.8 Å². The van der Waals surface area contributed by atoms with Gasteiger partial charge in [-0.05, 0) is 19.1 Å². The molecule has 1 N–H and O–H groups in total. The SMILES string of the molecule is CC1=C(C(=O)NCCc2nc3ccccc3n2C)OCCO1. The first-order chi connectivity index (χ1) is 10.7. The molecule has 0 unspecified atom stereocenters. The number of hydrogen-bond donors (Lipinski definition) is 1. The Morgan fingerprint density at radius 3 is 2.86 bits per heavy atom. The predicted octanol–water partition coefficient (Wildman–Crippen LogP) is 1.51. The van der Waals surface area contributed by atoms with Gasteiger partial charge in [-0.2, -0.15) is 0 Å². The number of benzene rings is 1. The third-order valence-electron chi connectivity index (χ3n) is 3.69. The van der Waals surface area contributed by atoms with Gasteiger partial charge in [0.25, 0.3) is 5.91 Å². The van der Waals surface area contributed by atoms with Crippen LogP contribution in [0.3, 0.4) is 0 Å². The predicted molar refractivity (Wildman–Crippen MR) is 82.0 cm³/mol. The van der Waals surface area contributed by atoms with Crippen LogP contribution in [0, 0.1) is 0 Å². The van der Waals surface area contributed by atoms with E-state index in [-0.39, 0.29) is 11.7 Å². The summed E-state index contributed by atoms with van der Waals surface area (Å²) in [4.78, 5) is 16.6. The van der Waals surface area contributed by atoms with Crippen molar-refractivity contribution in [1.82, 2.24) is 14.9 Å². The second kappa shape index (κ2) is 6.09. The lowest BCUT2D eigenvalue weighted by molar-refractivity contribution is -0.122. The van der Waals surface area contributed by atoms with Gasteiger partial charge < -0.3 is 19.4 Å². The Labute approximate surface area is 128 Å². The Kier molecular flexibility index (Phi) is 4.00. The molecule has 22 heavy (non-hydrogen) atoms. The molecular formula is C16H19N3O3. The molecule has 0 fully saturated rings. The number of aromatic nitrogens is 2. The van der Waals surface area contributed by atoms with E-state index < -0.39 is 0 Å². The Morgan fingerprint density at radius 1 is 1.32 bits per heavy atom. The fourth-order valence-corrected chi connectivity index (χ4v) is 2.52. The fraction of sp³-hybridized carbons (Fsp3) is 0.375. The highest BCUT2D eigenvalue weighted by atomic mass is 16.6. The Hall–Kier alpha value is -2.50. The number of amides is 1. The number of para-hydroxylation sites is 2. The van der Waals surface area contributed by atoms with Crippen molar-refractivity contribution in [1.29, 1.82) is 0 Å². The molecule has 6 nitrogen and oxygen atoms in total. The van der Waals surface area contributed by atoms with Gasteiger partial charge in [-0.25, -0.2) is 4.98 Å².